The highest BCUT2D eigenvalue weighted by Gasteiger charge is 2.10. The Balaban J connectivity index is 0.000000257. The lowest BCUT2D eigenvalue weighted by Gasteiger charge is -2.08. The summed E-state index contributed by atoms with van der Waals surface area (Å²) < 4.78 is 0. The lowest BCUT2D eigenvalue weighted by molar-refractivity contribution is 0.772. The van der Waals surface area contributed by atoms with E-state index in [0.717, 1.165) is 19.4 Å². The number of aryl methyl sites for hydroxylation is 2. The van der Waals surface area contributed by atoms with Crippen molar-refractivity contribution in [2.75, 3.05) is 18.9 Å². The van der Waals surface area contributed by atoms with Gasteiger partial charge in [-0.3, -0.25) is 0 Å². The molecular weight excluding hydrogens is 244 g/mol. The number of hydrogen-bond donors (Lipinski definition) is 2. The normalized spacial score (nSPS) is 12.1. The predicted octanol–water partition coefficient (Wildman–Crippen LogP) is 4.14. The molecule has 106 valence electrons. The van der Waals surface area contributed by atoms with Gasteiger partial charge in [0.25, 0.3) is 0 Å². The van der Waals surface area contributed by atoms with Crippen LogP contribution in [0.4, 0.5) is 11.4 Å². The van der Waals surface area contributed by atoms with Crippen LogP contribution in [-0.4, -0.2) is 13.6 Å². The summed E-state index contributed by atoms with van der Waals surface area (Å²) in [6.45, 7) is 3.29. The average molecular weight is 268 g/mol. The standard InChI is InChI=1S/C14H13N.C4H11N/c1-3-7-13-11(5-1)9-10-12-6-2-4-8-14(12)15-13;1-3-4-5-2/h1-8,15H,9-10H2;5H,3-4H2,1-2H3. The second-order valence-corrected chi connectivity index (χ2v) is 5.04. The maximum atomic E-state index is 3.50. The Hall–Kier alpha value is -1.80. The summed E-state index contributed by atoms with van der Waals surface area (Å²) in [6, 6.07) is 17.1. The van der Waals surface area contributed by atoms with E-state index in [-0.39, 0.29) is 0 Å². The van der Waals surface area contributed by atoms with Gasteiger partial charge in [-0.25, -0.2) is 0 Å². The number of benzene rings is 2. The molecule has 2 aromatic rings. The molecule has 0 radical (unpaired) electrons. The molecule has 1 aliphatic rings. The minimum absolute atomic E-state index is 1.13. The Kier molecular flexibility index (Phi) is 5.63. The summed E-state index contributed by atoms with van der Waals surface area (Å²) in [5.41, 5.74) is 5.33. The molecule has 3 rings (SSSR count). The monoisotopic (exact) mass is 268 g/mol. The molecule has 0 fully saturated rings. The number of para-hydroxylation sites is 2. The van der Waals surface area contributed by atoms with Crippen LogP contribution in [0.3, 0.4) is 0 Å². The van der Waals surface area contributed by atoms with Gasteiger partial charge in [0.05, 0.1) is 0 Å². The fraction of sp³-hybridized carbons (Fsp3) is 0.333. The molecule has 2 aromatic carbocycles. The molecule has 0 spiro atoms. The molecule has 0 aliphatic carbocycles. The smallest absolute Gasteiger partial charge is 0.0416 e. The minimum atomic E-state index is 1.13. The topological polar surface area (TPSA) is 24.1 Å². The van der Waals surface area contributed by atoms with Crippen molar-refractivity contribution in [2.24, 2.45) is 0 Å². The summed E-state index contributed by atoms with van der Waals surface area (Å²) in [5.74, 6) is 0. The molecule has 2 heteroatoms. The fourth-order valence-corrected chi connectivity index (χ4v) is 2.38. The summed E-state index contributed by atoms with van der Waals surface area (Å²) in [7, 11) is 1.96. The number of fused-ring (bicyclic) bond motifs is 2. The SMILES string of the molecule is CCCNC.c1ccc2c(c1)CCc1ccccc1N2. The van der Waals surface area contributed by atoms with Crippen LogP contribution >= 0.6 is 0 Å². The highest BCUT2D eigenvalue weighted by molar-refractivity contribution is 5.67. The largest absolute Gasteiger partial charge is 0.355 e. The van der Waals surface area contributed by atoms with Crippen molar-refractivity contribution in [3.63, 3.8) is 0 Å². The number of rotatable bonds is 2. The van der Waals surface area contributed by atoms with E-state index in [4.69, 9.17) is 0 Å². The molecule has 0 bridgehead atoms. The molecule has 0 amide bonds. The Bertz CT molecular complexity index is 487. The molecule has 20 heavy (non-hydrogen) atoms. The third-order valence-corrected chi connectivity index (χ3v) is 3.47. The van der Waals surface area contributed by atoms with Crippen molar-refractivity contribution in [1.29, 1.82) is 0 Å². The Morgan fingerprint density at radius 1 is 0.900 bits per heavy atom. The first kappa shape index (κ1) is 14.6. The van der Waals surface area contributed by atoms with E-state index in [1.807, 2.05) is 7.05 Å². The second kappa shape index (κ2) is 7.71. The predicted molar refractivity (Wildman–Crippen MR) is 87.8 cm³/mol. The van der Waals surface area contributed by atoms with Gasteiger partial charge in [0, 0.05) is 11.4 Å². The number of hydrogen-bond acceptors (Lipinski definition) is 2. The Morgan fingerprint density at radius 3 is 1.80 bits per heavy atom. The number of anilines is 2. The Labute approximate surface area is 122 Å². The molecule has 0 saturated carbocycles. The quantitative estimate of drug-likeness (QED) is 0.855. The van der Waals surface area contributed by atoms with E-state index >= 15 is 0 Å². The molecule has 0 aromatic heterocycles. The maximum absolute atomic E-state index is 3.50. The number of nitrogens with one attached hydrogen (secondary N) is 2. The summed E-state index contributed by atoms with van der Waals surface area (Å²) in [6.07, 6.45) is 3.48. The first-order chi connectivity index (χ1) is 9.85. The van der Waals surface area contributed by atoms with Gasteiger partial charge < -0.3 is 10.6 Å². The zero-order chi connectivity index (χ0) is 14.2. The highest BCUT2D eigenvalue weighted by Crippen LogP contribution is 2.29. The van der Waals surface area contributed by atoms with Gasteiger partial charge in [-0.2, -0.15) is 0 Å². The molecule has 0 saturated heterocycles. The summed E-state index contributed by atoms with van der Waals surface area (Å²) in [4.78, 5) is 0. The van der Waals surface area contributed by atoms with Gasteiger partial charge in [0.2, 0.25) is 0 Å². The van der Waals surface area contributed by atoms with Crippen LogP contribution < -0.4 is 10.6 Å². The van der Waals surface area contributed by atoms with Gasteiger partial charge in [0.15, 0.2) is 0 Å². The zero-order valence-electron chi connectivity index (χ0n) is 12.4. The molecule has 2 N–H and O–H groups in total. The van der Waals surface area contributed by atoms with Crippen LogP contribution in [0.15, 0.2) is 48.5 Å². The Morgan fingerprint density at radius 2 is 1.40 bits per heavy atom. The lowest BCUT2D eigenvalue weighted by atomic mass is 10.0. The molecule has 1 aliphatic heterocycles. The third-order valence-electron chi connectivity index (χ3n) is 3.47. The van der Waals surface area contributed by atoms with Crippen LogP contribution in [0.25, 0.3) is 0 Å². The zero-order valence-corrected chi connectivity index (χ0v) is 12.4. The molecule has 0 unspecified atom stereocenters. The molecular formula is C18H24N2. The van der Waals surface area contributed by atoms with Gasteiger partial charge in [0.1, 0.15) is 0 Å². The first-order valence-corrected chi connectivity index (χ1v) is 7.42. The lowest BCUT2D eigenvalue weighted by Crippen LogP contribution is -2.04. The summed E-state index contributed by atoms with van der Waals surface area (Å²) in [5, 5.41) is 6.52. The van der Waals surface area contributed by atoms with Gasteiger partial charge >= 0.3 is 0 Å². The minimum Gasteiger partial charge on any atom is -0.355 e. The molecule has 0 atom stereocenters. The van der Waals surface area contributed by atoms with Crippen LogP contribution in [-0.2, 0) is 12.8 Å². The summed E-state index contributed by atoms with van der Waals surface area (Å²) >= 11 is 0. The van der Waals surface area contributed by atoms with Crippen molar-refractivity contribution in [3.05, 3.63) is 59.7 Å². The van der Waals surface area contributed by atoms with Crippen LogP contribution in [0.1, 0.15) is 24.5 Å². The van der Waals surface area contributed by atoms with Crippen LogP contribution in [0.5, 0.6) is 0 Å². The van der Waals surface area contributed by atoms with Crippen molar-refractivity contribution in [2.45, 2.75) is 26.2 Å². The van der Waals surface area contributed by atoms with E-state index in [1.165, 1.54) is 28.9 Å². The van der Waals surface area contributed by atoms with E-state index in [0.29, 0.717) is 0 Å². The van der Waals surface area contributed by atoms with Gasteiger partial charge in [-0.15, -0.1) is 0 Å². The van der Waals surface area contributed by atoms with Crippen molar-refractivity contribution in [1.82, 2.24) is 5.32 Å². The highest BCUT2D eigenvalue weighted by atomic mass is 14.9. The van der Waals surface area contributed by atoms with E-state index in [9.17, 15) is 0 Å². The average Bonchev–Trinajstić information content (AvgIpc) is 2.68. The van der Waals surface area contributed by atoms with Gasteiger partial charge in [-0.05, 0) is 56.1 Å². The molecule has 2 nitrogen and oxygen atoms in total. The third kappa shape index (κ3) is 3.84. The maximum Gasteiger partial charge on any atom is 0.0416 e. The van der Waals surface area contributed by atoms with E-state index in [2.05, 4.69) is 66.1 Å². The second-order valence-electron chi connectivity index (χ2n) is 5.04. The van der Waals surface area contributed by atoms with Crippen LogP contribution in [0, 0.1) is 0 Å². The fourth-order valence-electron chi connectivity index (χ4n) is 2.38. The van der Waals surface area contributed by atoms with E-state index in [1.54, 1.807) is 0 Å². The van der Waals surface area contributed by atoms with Crippen molar-refractivity contribution >= 4 is 11.4 Å². The molecule has 1 heterocycles. The van der Waals surface area contributed by atoms with Crippen LogP contribution in [0.2, 0.25) is 0 Å². The van der Waals surface area contributed by atoms with E-state index < -0.39 is 0 Å². The van der Waals surface area contributed by atoms with Crippen molar-refractivity contribution < 1.29 is 0 Å². The van der Waals surface area contributed by atoms with Crippen molar-refractivity contribution in [3.8, 4) is 0 Å². The van der Waals surface area contributed by atoms with Gasteiger partial charge in [-0.1, -0.05) is 43.3 Å². The first-order valence-electron chi connectivity index (χ1n) is 7.42.